The van der Waals surface area contributed by atoms with Gasteiger partial charge in [-0.2, -0.15) is 8.42 Å². The molecule has 0 saturated heterocycles. The van der Waals surface area contributed by atoms with Gasteiger partial charge in [-0.25, -0.2) is 0 Å². The Morgan fingerprint density at radius 2 is 1.55 bits per heavy atom. The summed E-state index contributed by atoms with van der Waals surface area (Å²) in [6.07, 6.45) is 0. The van der Waals surface area contributed by atoms with Crippen LogP contribution in [0.25, 0.3) is 0 Å². The monoisotopic (exact) mass is 588 g/mol. The summed E-state index contributed by atoms with van der Waals surface area (Å²) in [5.41, 5.74) is 0. The zero-order chi connectivity index (χ0) is 9.49. The van der Waals surface area contributed by atoms with Crippen LogP contribution in [-0.2, 0) is 68.8 Å². The van der Waals surface area contributed by atoms with E-state index in [9.17, 15) is 4.21 Å². The van der Waals surface area contributed by atoms with E-state index in [0.29, 0.717) is 0 Å². The third-order valence-electron chi connectivity index (χ3n) is 0.0821. The van der Waals surface area contributed by atoms with E-state index in [-0.39, 0.29) is 0 Å². The number of thiol groups is 1. The van der Waals surface area contributed by atoms with E-state index in [1.165, 1.54) is 0 Å². The van der Waals surface area contributed by atoms with E-state index in [0.717, 1.165) is 0 Å². The molecule has 0 spiro atoms. The van der Waals surface area contributed by atoms with Crippen LogP contribution in [0.3, 0.4) is 0 Å². The Morgan fingerprint density at radius 1 is 1.36 bits per heavy atom. The summed E-state index contributed by atoms with van der Waals surface area (Å²) in [4.78, 5) is 0. The molecule has 0 aliphatic rings. The summed E-state index contributed by atoms with van der Waals surface area (Å²) >= 11 is 4.34. The average molecular weight is 588 g/mol. The molecule has 0 unspecified atom stereocenters. The Bertz CT molecular complexity index is 180. The molecule has 0 aliphatic carbocycles. The quantitative estimate of drug-likeness (QED) is 0.191. The Morgan fingerprint density at radius 3 is 1.55 bits per heavy atom. The molecule has 0 saturated carbocycles. The molecular formula is H2Au2O6S3. The van der Waals surface area contributed by atoms with Crippen molar-refractivity contribution in [1.82, 2.24) is 0 Å². The Balaban J connectivity index is 0. The van der Waals surface area contributed by atoms with Crippen molar-refractivity contribution in [3.8, 4) is 0 Å². The second-order valence-corrected chi connectivity index (χ2v) is 5.81. The van der Waals surface area contributed by atoms with E-state index >= 15 is 0 Å². The molecule has 0 radical (unpaired) electrons. The molecule has 0 rings (SSSR count). The molecule has 6 nitrogen and oxygen atoms in total. The van der Waals surface area contributed by atoms with Crippen LogP contribution < -0.4 is 0 Å². The molecular weight excluding hydrogens is 586 g/mol. The van der Waals surface area contributed by atoms with Gasteiger partial charge in [-0.1, -0.05) is 0 Å². The SMILES string of the molecule is O=S(=O)(O)S.O=S([O][Au])[O][Au]. The molecule has 0 aromatic rings. The first kappa shape index (κ1) is 15.3. The molecule has 78 valence electrons. The van der Waals surface area contributed by atoms with Gasteiger partial charge in [0.25, 0.3) is 0 Å². The fourth-order valence-corrected chi connectivity index (χ4v) is 1.24. The van der Waals surface area contributed by atoms with E-state index in [1.54, 1.807) is 42.9 Å². The van der Waals surface area contributed by atoms with Crippen LogP contribution in [0.15, 0.2) is 0 Å². The van der Waals surface area contributed by atoms with Crippen molar-refractivity contribution in [2.24, 2.45) is 0 Å². The summed E-state index contributed by atoms with van der Waals surface area (Å²) < 4.78 is 43.4. The van der Waals surface area contributed by atoms with Crippen LogP contribution in [0.1, 0.15) is 0 Å². The van der Waals surface area contributed by atoms with Gasteiger partial charge in [-0.15, -0.1) is 0 Å². The molecule has 0 bridgehead atoms. The van der Waals surface area contributed by atoms with E-state index in [1.807, 2.05) is 0 Å². The van der Waals surface area contributed by atoms with Crippen molar-refractivity contribution in [2.75, 3.05) is 0 Å². The Labute approximate surface area is 96.7 Å². The zero-order valence-electron chi connectivity index (χ0n) is 4.36. The maximum absolute atomic E-state index is 9.82. The summed E-state index contributed by atoms with van der Waals surface area (Å²) in [7, 11) is -3.97. The van der Waals surface area contributed by atoms with Crippen molar-refractivity contribution >= 4 is 32.2 Å². The second-order valence-electron chi connectivity index (χ2n) is 0.752. The molecule has 0 heterocycles. The van der Waals surface area contributed by atoms with Gasteiger partial charge in [0, 0.05) is 0 Å². The molecule has 0 amide bonds. The van der Waals surface area contributed by atoms with Crippen molar-refractivity contribution in [1.29, 1.82) is 0 Å². The molecule has 0 aliphatic heterocycles. The Kier molecular flexibility index (Phi) is 11.7. The van der Waals surface area contributed by atoms with Crippen molar-refractivity contribution in [3.63, 3.8) is 0 Å². The third-order valence-corrected chi connectivity index (χ3v) is 2.02. The minimum absolute atomic E-state index is 1.58. The van der Waals surface area contributed by atoms with Crippen molar-refractivity contribution in [3.05, 3.63) is 0 Å². The first-order valence-corrected chi connectivity index (χ1v) is 6.71. The molecule has 11 heteroatoms. The number of hydrogen-bond donors (Lipinski definition) is 2. The van der Waals surface area contributed by atoms with E-state index < -0.39 is 20.5 Å². The third kappa shape index (κ3) is 33.7. The normalized spacial score (nSPS) is 10.8. The van der Waals surface area contributed by atoms with E-state index in [4.69, 9.17) is 13.0 Å². The molecule has 0 fully saturated rings. The summed E-state index contributed by atoms with van der Waals surface area (Å²) in [6.45, 7) is 0. The molecule has 0 atom stereocenters. The van der Waals surface area contributed by atoms with Crippen molar-refractivity contribution in [2.45, 2.75) is 0 Å². The van der Waals surface area contributed by atoms with Crippen LogP contribution in [0.2, 0.25) is 0 Å². The van der Waals surface area contributed by atoms with Gasteiger partial charge in [0.05, 0.1) is 0 Å². The predicted molar refractivity (Wildman–Crippen MR) is 30.8 cm³/mol. The topological polar surface area (TPSA) is 89.9 Å². The summed E-state index contributed by atoms with van der Waals surface area (Å²) in [6, 6.07) is 0. The van der Waals surface area contributed by atoms with Crippen LogP contribution in [-0.4, -0.2) is 17.2 Å². The van der Waals surface area contributed by atoms with Gasteiger partial charge in [0.2, 0.25) is 0 Å². The second kappa shape index (κ2) is 8.41. The van der Waals surface area contributed by atoms with Gasteiger partial charge in [0.15, 0.2) is 0 Å². The van der Waals surface area contributed by atoms with Gasteiger partial charge < -0.3 is 0 Å². The van der Waals surface area contributed by atoms with Crippen LogP contribution in [0, 0.1) is 0 Å². The van der Waals surface area contributed by atoms with E-state index in [2.05, 4.69) is 17.0 Å². The molecule has 0 aromatic carbocycles. The minimum atomic E-state index is -3.97. The first-order chi connectivity index (χ1) is 4.81. The number of rotatable bonds is 2. The fraction of sp³-hybridized carbons (Fsp3) is 0. The summed E-state index contributed by atoms with van der Waals surface area (Å²) in [5, 5.41) is 0. The predicted octanol–water partition coefficient (Wildman–Crippen LogP) is -0.759. The average Bonchev–Trinajstić information content (AvgIpc) is 1.83. The van der Waals surface area contributed by atoms with Crippen LogP contribution >= 0.6 is 11.7 Å². The van der Waals surface area contributed by atoms with Gasteiger partial charge in [-0.05, 0) is 11.7 Å². The zero-order valence-corrected chi connectivity index (χ0v) is 11.2. The van der Waals surface area contributed by atoms with Gasteiger partial charge in [-0.3, -0.25) is 4.55 Å². The fourth-order valence-electron chi connectivity index (χ4n) is 0.00619. The van der Waals surface area contributed by atoms with Gasteiger partial charge in [0.1, 0.15) is 0 Å². The molecule has 1 N–H and O–H groups in total. The maximum atomic E-state index is 9.82. The molecule has 0 aromatic heterocycles. The van der Waals surface area contributed by atoms with Gasteiger partial charge >= 0.3 is 73.0 Å². The van der Waals surface area contributed by atoms with Crippen LogP contribution in [0.4, 0.5) is 0 Å². The van der Waals surface area contributed by atoms with Crippen molar-refractivity contribution < 1.29 is 65.5 Å². The standard InChI is InChI=1S/2Au.H2O3S2.H2O3S/c;;1-5(2,3)4;1-4(2)3/h;;(H2,1,2,3,4);(H2,1,2,3)/q2*+1;;/p-2. The van der Waals surface area contributed by atoms with Crippen LogP contribution in [0.5, 0.6) is 0 Å². The summed E-state index contributed by atoms with van der Waals surface area (Å²) in [5.74, 6) is 0. The Hall–Kier alpha value is 1.81. The molecule has 11 heavy (non-hydrogen) atoms. The first-order valence-electron chi connectivity index (χ1n) is 1.44. The number of hydrogen-bond acceptors (Lipinski definition) is 5.